The lowest BCUT2D eigenvalue weighted by atomic mass is 9.82. The maximum Gasteiger partial charge on any atom is 0.248 e. The smallest absolute Gasteiger partial charge is 0.248 e. The van der Waals surface area contributed by atoms with Crippen LogP contribution in [0, 0.1) is 6.92 Å². The summed E-state index contributed by atoms with van der Waals surface area (Å²) in [6, 6.07) is 16.5. The number of aromatic nitrogens is 2. The minimum Gasteiger partial charge on any atom is -0.416 e. The van der Waals surface area contributed by atoms with Crippen molar-refractivity contribution < 1.29 is 4.42 Å². The van der Waals surface area contributed by atoms with Gasteiger partial charge in [0.1, 0.15) is 0 Å². The Morgan fingerprint density at radius 1 is 0.826 bits per heavy atom. The average Bonchev–Trinajstić information content (AvgIpc) is 3.05. The molecule has 0 atom stereocenters. The number of hydrogen-bond donors (Lipinski definition) is 0. The van der Waals surface area contributed by atoms with Crippen molar-refractivity contribution in [1.82, 2.24) is 10.2 Å². The molecule has 3 heteroatoms. The van der Waals surface area contributed by atoms with E-state index in [9.17, 15) is 0 Å². The molecule has 0 N–H and O–H groups in total. The van der Waals surface area contributed by atoms with Gasteiger partial charge in [0, 0.05) is 11.1 Å². The highest BCUT2D eigenvalue weighted by molar-refractivity contribution is 5.58. The molecular weight excluding hydrogens is 284 g/mol. The quantitative estimate of drug-likeness (QED) is 0.648. The summed E-state index contributed by atoms with van der Waals surface area (Å²) in [4.78, 5) is 0. The zero-order valence-corrected chi connectivity index (χ0v) is 14.1. The molecule has 3 aromatic rings. The van der Waals surface area contributed by atoms with E-state index in [1.807, 2.05) is 24.3 Å². The van der Waals surface area contributed by atoms with Crippen LogP contribution in [0.1, 0.15) is 38.3 Å². The molecule has 0 fully saturated rings. The van der Waals surface area contributed by atoms with Gasteiger partial charge in [-0.05, 0) is 48.6 Å². The predicted molar refractivity (Wildman–Crippen MR) is 93.2 cm³/mol. The third-order valence-corrected chi connectivity index (χ3v) is 4.52. The number of aryl methyl sites for hydroxylation is 1. The lowest BCUT2D eigenvalue weighted by molar-refractivity contribution is 0.506. The van der Waals surface area contributed by atoms with E-state index in [4.69, 9.17) is 4.42 Å². The van der Waals surface area contributed by atoms with Crippen LogP contribution in [0.4, 0.5) is 0 Å². The van der Waals surface area contributed by atoms with Crippen LogP contribution in [0.3, 0.4) is 0 Å². The van der Waals surface area contributed by atoms with Gasteiger partial charge in [-0.2, -0.15) is 0 Å². The average molecular weight is 306 g/mol. The fraction of sp³-hybridized carbons (Fsp3) is 0.300. The summed E-state index contributed by atoms with van der Waals surface area (Å²) in [7, 11) is 0. The normalized spacial score (nSPS) is 11.7. The Labute approximate surface area is 137 Å². The first kappa shape index (κ1) is 15.5. The van der Waals surface area contributed by atoms with E-state index in [-0.39, 0.29) is 5.41 Å². The first-order chi connectivity index (χ1) is 11.0. The molecule has 0 saturated heterocycles. The van der Waals surface area contributed by atoms with Crippen molar-refractivity contribution in [2.75, 3.05) is 0 Å². The van der Waals surface area contributed by atoms with Crippen molar-refractivity contribution in [3.05, 3.63) is 59.7 Å². The number of rotatable bonds is 4. The largest absolute Gasteiger partial charge is 0.416 e. The van der Waals surface area contributed by atoms with Crippen LogP contribution in [0.2, 0.25) is 0 Å². The van der Waals surface area contributed by atoms with Crippen LogP contribution in [-0.2, 0) is 5.41 Å². The number of nitrogens with zero attached hydrogens (tertiary/aromatic N) is 2. The second kappa shape index (κ2) is 5.99. The van der Waals surface area contributed by atoms with Gasteiger partial charge in [0.15, 0.2) is 0 Å². The second-order valence-corrected chi connectivity index (χ2v) is 6.59. The van der Waals surface area contributed by atoms with E-state index < -0.39 is 0 Å². The molecule has 0 unspecified atom stereocenters. The topological polar surface area (TPSA) is 38.9 Å². The Kier molecular flexibility index (Phi) is 4.03. The molecule has 118 valence electrons. The molecule has 0 aliphatic carbocycles. The molecule has 0 aliphatic rings. The zero-order chi connectivity index (χ0) is 16.4. The highest BCUT2D eigenvalue weighted by atomic mass is 16.4. The van der Waals surface area contributed by atoms with Crippen molar-refractivity contribution in [1.29, 1.82) is 0 Å². The van der Waals surface area contributed by atoms with Crippen molar-refractivity contribution in [3.8, 4) is 22.9 Å². The molecule has 0 saturated carbocycles. The van der Waals surface area contributed by atoms with E-state index in [1.54, 1.807) is 0 Å². The van der Waals surface area contributed by atoms with Crippen molar-refractivity contribution in [3.63, 3.8) is 0 Å². The van der Waals surface area contributed by atoms with Crippen LogP contribution < -0.4 is 0 Å². The molecule has 0 radical (unpaired) electrons. The Morgan fingerprint density at radius 3 is 1.78 bits per heavy atom. The van der Waals surface area contributed by atoms with Gasteiger partial charge in [-0.1, -0.05) is 50.6 Å². The van der Waals surface area contributed by atoms with Crippen molar-refractivity contribution in [2.45, 2.75) is 39.5 Å². The minimum absolute atomic E-state index is 0.181. The van der Waals surface area contributed by atoms with E-state index >= 15 is 0 Å². The van der Waals surface area contributed by atoms with Crippen LogP contribution in [0.15, 0.2) is 52.9 Å². The molecule has 1 aromatic heterocycles. The highest BCUT2D eigenvalue weighted by Crippen LogP contribution is 2.29. The first-order valence-corrected chi connectivity index (χ1v) is 8.01. The van der Waals surface area contributed by atoms with E-state index in [0.717, 1.165) is 17.5 Å². The van der Waals surface area contributed by atoms with Gasteiger partial charge in [-0.15, -0.1) is 10.2 Å². The molecule has 2 aromatic carbocycles. The summed E-state index contributed by atoms with van der Waals surface area (Å²) in [5, 5.41) is 8.34. The van der Waals surface area contributed by atoms with E-state index in [0.29, 0.717) is 11.8 Å². The third kappa shape index (κ3) is 3.19. The Balaban J connectivity index is 1.87. The molecule has 3 nitrogen and oxygen atoms in total. The van der Waals surface area contributed by atoms with Gasteiger partial charge in [0.25, 0.3) is 0 Å². The maximum atomic E-state index is 5.83. The molecule has 1 heterocycles. The Hall–Kier alpha value is -2.42. The van der Waals surface area contributed by atoms with Gasteiger partial charge in [-0.25, -0.2) is 0 Å². The monoisotopic (exact) mass is 306 g/mol. The van der Waals surface area contributed by atoms with Gasteiger partial charge in [0.2, 0.25) is 11.8 Å². The third-order valence-electron chi connectivity index (χ3n) is 4.52. The van der Waals surface area contributed by atoms with Crippen LogP contribution in [0.25, 0.3) is 22.9 Å². The fourth-order valence-electron chi connectivity index (χ4n) is 2.42. The molecule has 0 bridgehead atoms. The fourth-order valence-corrected chi connectivity index (χ4v) is 2.42. The molecule has 0 aliphatic heterocycles. The summed E-state index contributed by atoms with van der Waals surface area (Å²) < 4.78 is 5.83. The first-order valence-electron chi connectivity index (χ1n) is 8.01. The van der Waals surface area contributed by atoms with Crippen molar-refractivity contribution in [2.24, 2.45) is 0 Å². The summed E-state index contributed by atoms with van der Waals surface area (Å²) in [5.74, 6) is 1.11. The zero-order valence-electron chi connectivity index (χ0n) is 14.1. The molecule has 3 rings (SSSR count). The number of hydrogen-bond acceptors (Lipinski definition) is 3. The van der Waals surface area contributed by atoms with E-state index in [2.05, 4.69) is 62.2 Å². The summed E-state index contributed by atoms with van der Waals surface area (Å²) in [6.07, 6.45) is 1.10. The van der Waals surface area contributed by atoms with Gasteiger partial charge >= 0.3 is 0 Å². The maximum absolute atomic E-state index is 5.83. The SMILES string of the molecule is CCC(C)(C)c1ccc(-c2nnc(-c3ccc(C)cc3)o2)cc1. The molecular formula is C20H22N2O. The minimum atomic E-state index is 0.181. The predicted octanol–water partition coefficient (Wildman–Crippen LogP) is 5.40. The van der Waals surface area contributed by atoms with Gasteiger partial charge < -0.3 is 4.42 Å². The Morgan fingerprint density at radius 2 is 1.30 bits per heavy atom. The lowest BCUT2D eigenvalue weighted by Gasteiger charge is -2.23. The highest BCUT2D eigenvalue weighted by Gasteiger charge is 2.18. The summed E-state index contributed by atoms with van der Waals surface area (Å²) in [5.41, 5.74) is 4.61. The Bertz CT molecular complexity index is 783. The van der Waals surface area contributed by atoms with Crippen LogP contribution in [-0.4, -0.2) is 10.2 Å². The summed E-state index contributed by atoms with van der Waals surface area (Å²) in [6.45, 7) is 8.77. The van der Waals surface area contributed by atoms with Gasteiger partial charge in [-0.3, -0.25) is 0 Å². The van der Waals surface area contributed by atoms with E-state index in [1.165, 1.54) is 11.1 Å². The van der Waals surface area contributed by atoms with Crippen LogP contribution >= 0.6 is 0 Å². The lowest BCUT2D eigenvalue weighted by Crippen LogP contribution is -2.14. The van der Waals surface area contributed by atoms with Crippen LogP contribution in [0.5, 0.6) is 0 Å². The molecule has 0 spiro atoms. The van der Waals surface area contributed by atoms with Crippen molar-refractivity contribution >= 4 is 0 Å². The number of benzene rings is 2. The summed E-state index contributed by atoms with van der Waals surface area (Å²) >= 11 is 0. The molecule has 23 heavy (non-hydrogen) atoms. The molecule has 0 amide bonds. The standard InChI is InChI=1S/C20H22N2O/c1-5-20(3,4)17-12-10-16(11-13-17)19-22-21-18(23-19)15-8-6-14(2)7-9-15/h6-13H,5H2,1-4H3. The van der Waals surface area contributed by atoms with Gasteiger partial charge in [0.05, 0.1) is 0 Å². The second-order valence-electron chi connectivity index (χ2n) is 6.59.